The largest absolute Gasteiger partial charge is 0.456 e. The Bertz CT molecular complexity index is 1350. The standard InChI is InChI=1S/C23H13NO5/c1-12-17(23(27)29-15-9-8-13-5-2-3-6-14(13)11-15)18-21(26)19-16(7-4-10-24-19)20(25)22(18)28-12/h2-11H,1H3. The second-order valence-electron chi connectivity index (χ2n) is 6.69. The van der Waals surface area contributed by atoms with Crippen LogP contribution in [0.1, 0.15) is 48.3 Å². The zero-order valence-corrected chi connectivity index (χ0v) is 15.3. The van der Waals surface area contributed by atoms with Crippen LogP contribution in [-0.2, 0) is 0 Å². The maximum atomic E-state index is 12.9. The Labute approximate surface area is 164 Å². The molecule has 0 saturated carbocycles. The first-order valence-electron chi connectivity index (χ1n) is 8.93. The highest BCUT2D eigenvalue weighted by atomic mass is 16.5. The van der Waals surface area contributed by atoms with Gasteiger partial charge in [0.05, 0.1) is 11.1 Å². The van der Waals surface area contributed by atoms with E-state index in [1.54, 1.807) is 18.2 Å². The zero-order valence-electron chi connectivity index (χ0n) is 15.3. The highest BCUT2D eigenvalue weighted by molar-refractivity contribution is 6.29. The Morgan fingerprint density at radius 2 is 1.76 bits per heavy atom. The molecule has 0 amide bonds. The molecule has 1 aliphatic carbocycles. The van der Waals surface area contributed by atoms with Crippen LogP contribution in [0.25, 0.3) is 10.8 Å². The van der Waals surface area contributed by atoms with Gasteiger partial charge >= 0.3 is 5.97 Å². The van der Waals surface area contributed by atoms with Crippen molar-refractivity contribution in [2.45, 2.75) is 6.92 Å². The highest BCUT2D eigenvalue weighted by Crippen LogP contribution is 2.33. The van der Waals surface area contributed by atoms with Gasteiger partial charge < -0.3 is 9.15 Å². The number of hydrogen-bond acceptors (Lipinski definition) is 6. The van der Waals surface area contributed by atoms with Gasteiger partial charge in [0.25, 0.3) is 0 Å². The van der Waals surface area contributed by atoms with E-state index in [0.717, 1.165) is 10.8 Å². The molecule has 0 fully saturated rings. The second-order valence-corrected chi connectivity index (χ2v) is 6.69. The summed E-state index contributed by atoms with van der Waals surface area (Å²) in [6.07, 6.45) is 1.43. The minimum atomic E-state index is -0.761. The van der Waals surface area contributed by atoms with Crippen LogP contribution in [0.15, 0.2) is 65.2 Å². The summed E-state index contributed by atoms with van der Waals surface area (Å²) in [5.41, 5.74) is 0.0195. The van der Waals surface area contributed by atoms with Crippen LogP contribution in [0, 0.1) is 6.92 Å². The molecule has 1 aliphatic rings. The minimum Gasteiger partial charge on any atom is -0.456 e. The lowest BCUT2D eigenvalue weighted by molar-refractivity contribution is 0.0729. The molecule has 2 aromatic carbocycles. The van der Waals surface area contributed by atoms with Crippen LogP contribution < -0.4 is 4.74 Å². The number of furan rings is 1. The van der Waals surface area contributed by atoms with Crippen LogP contribution in [0.2, 0.25) is 0 Å². The summed E-state index contributed by atoms with van der Waals surface area (Å²) in [6, 6.07) is 16.0. The van der Waals surface area contributed by atoms with Gasteiger partial charge in [-0.1, -0.05) is 30.3 Å². The number of carbonyl (C=O) groups excluding carboxylic acids is 3. The Balaban J connectivity index is 1.56. The van der Waals surface area contributed by atoms with Crippen molar-refractivity contribution in [1.82, 2.24) is 4.98 Å². The molecular weight excluding hydrogens is 370 g/mol. The van der Waals surface area contributed by atoms with Gasteiger partial charge in [0, 0.05) is 6.20 Å². The van der Waals surface area contributed by atoms with Gasteiger partial charge in [0.1, 0.15) is 22.8 Å². The van der Waals surface area contributed by atoms with Gasteiger partial charge in [0.2, 0.25) is 11.6 Å². The fraction of sp³-hybridized carbons (Fsp3) is 0.0435. The average Bonchev–Trinajstić information content (AvgIpc) is 3.09. The molecule has 4 aromatic rings. The van der Waals surface area contributed by atoms with E-state index in [1.807, 2.05) is 30.3 Å². The van der Waals surface area contributed by atoms with Gasteiger partial charge in [-0.2, -0.15) is 0 Å². The predicted octanol–water partition coefficient (Wildman–Crippen LogP) is 4.13. The van der Waals surface area contributed by atoms with Crippen molar-refractivity contribution < 1.29 is 23.5 Å². The molecule has 0 N–H and O–H groups in total. The van der Waals surface area contributed by atoms with Crippen molar-refractivity contribution in [2.24, 2.45) is 0 Å². The molecule has 0 unspecified atom stereocenters. The summed E-state index contributed by atoms with van der Waals surface area (Å²) in [5, 5.41) is 1.92. The first-order valence-corrected chi connectivity index (χ1v) is 8.93. The lowest BCUT2D eigenvalue weighted by atomic mass is 9.90. The first kappa shape index (κ1) is 17.1. The molecule has 6 heteroatoms. The van der Waals surface area contributed by atoms with Crippen molar-refractivity contribution in [3.05, 3.63) is 94.7 Å². The lowest BCUT2D eigenvalue weighted by Crippen LogP contribution is -2.23. The van der Waals surface area contributed by atoms with Crippen LogP contribution in [0.5, 0.6) is 5.75 Å². The van der Waals surface area contributed by atoms with E-state index in [0.29, 0.717) is 5.75 Å². The van der Waals surface area contributed by atoms with E-state index in [1.165, 1.54) is 19.2 Å². The monoisotopic (exact) mass is 383 g/mol. The van der Waals surface area contributed by atoms with Gasteiger partial charge in [0.15, 0.2) is 5.76 Å². The zero-order chi connectivity index (χ0) is 20.1. The number of carbonyl (C=O) groups is 3. The van der Waals surface area contributed by atoms with Crippen molar-refractivity contribution >= 4 is 28.3 Å². The number of nitrogens with zero attached hydrogens (tertiary/aromatic N) is 1. The minimum absolute atomic E-state index is 0.00514. The van der Waals surface area contributed by atoms with E-state index in [9.17, 15) is 14.4 Å². The van der Waals surface area contributed by atoms with Crippen LogP contribution in [0.4, 0.5) is 0 Å². The van der Waals surface area contributed by atoms with Crippen LogP contribution in [-0.4, -0.2) is 22.5 Å². The summed E-state index contributed by atoms with van der Waals surface area (Å²) >= 11 is 0. The lowest BCUT2D eigenvalue weighted by Gasteiger charge is -2.12. The second kappa shape index (κ2) is 6.24. The van der Waals surface area contributed by atoms with E-state index in [4.69, 9.17) is 9.15 Å². The molecule has 140 valence electrons. The number of ketones is 2. The highest BCUT2D eigenvalue weighted by Gasteiger charge is 2.39. The summed E-state index contributed by atoms with van der Waals surface area (Å²) in [5.74, 6) is -1.44. The average molecular weight is 383 g/mol. The smallest absolute Gasteiger partial charge is 0.347 e. The third-order valence-electron chi connectivity index (χ3n) is 4.92. The van der Waals surface area contributed by atoms with Gasteiger partial charge in [-0.05, 0) is 42.0 Å². The van der Waals surface area contributed by atoms with E-state index in [2.05, 4.69) is 4.98 Å². The third-order valence-corrected chi connectivity index (χ3v) is 4.92. The molecule has 0 radical (unpaired) electrons. The molecule has 0 bridgehead atoms. The number of hydrogen-bond donors (Lipinski definition) is 0. The number of pyridine rings is 1. The molecule has 2 aromatic heterocycles. The number of aromatic nitrogens is 1. The van der Waals surface area contributed by atoms with Gasteiger partial charge in [-0.3, -0.25) is 14.6 Å². The summed E-state index contributed by atoms with van der Waals surface area (Å²) in [7, 11) is 0. The molecule has 29 heavy (non-hydrogen) atoms. The molecule has 0 saturated heterocycles. The fourth-order valence-electron chi connectivity index (χ4n) is 3.57. The number of benzene rings is 2. The third kappa shape index (κ3) is 2.57. The Kier molecular flexibility index (Phi) is 3.67. The SMILES string of the molecule is Cc1oc2c(c1C(=O)Oc1ccc3ccccc3c1)C(=O)c1ncccc1C2=O. The topological polar surface area (TPSA) is 86.5 Å². The van der Waals surface area contributed by atoms with Crippen molar-refractivity contribution in [1.29, 1.82) is 0 Å². The number of rotatable bonds is 2. The van der Waals surface area contributed by atoms with Gasteiger partial charge in [-0.25, -0.2) is 4.79 Å². The maximum absolute atomic E-state index is 12.9. The predicted molar refractivity (Wildman–Crippen MR) is 103 cm³/mol. The van der Waals surface area contributed by atoms with Gasteiger partial charge in [-0.15, -0.1) is 0 Å². The molecule has 5 rings (SSSR count). The molecule has 0 atom stereocenters. The molecule has 0 aliphatic heterocycles. The Morgan fingerprint density at radius 1 is 0.966 bits per heavy atom. The van der Waals surface area contributed by atoms with Crippen molar-refractivity contribution in [3.8, 4) is 5.75 Å². The summed E-state index contributed by atoms with van der Waals surface area (Å²) in [6.45, 7) is 1.52. The molecule has 6 nitrogen and oxygen atoms in total. The fourth-order valence-corrected chi connectivity index (χ4v) is 3.57. The van der Waals surface area contributed by atoms with Crippen molar-refractivity contribution in [3.63, 3.8) is 0 Å². The number of aryl methyl sites for hydroxylation is 1. The van der Waals surface area contributed by atoms with E-state index in [-0.39, 0.29) is 33.9 Å². The first-order chi connectivity index (χ1) is 14.0. The number of ether oxygens (including phenoxy) is 1. The summed E-state index contributed by atoms with van der Waals surface area (Å²) in [4.78, 5) is 42.6. The summed E-state index contributed by atoms with van der Waals surface area (Å²) < 4.78 is 11.0. The maximum Gasteiger partial charge on any atom is 0.347 e. The van der Waals surface area contributed by atoms with Crippen LogP contribution >= 0.6 is 0 Å². The van der Waals surface area contributed by atoms with Crippen LogP contribution in [0.3, 0.4) is 0 Å². The molecule has 2 heterocycles. The number of esters is 1. The van der Waals surface area contributed by atoms with E-state index < -0.39 is 17.5 Å². The van der Waals surface area contributed by atoms with Crippen molar-refractivity contribution in [2.75, 3.05) is 0 Å². The normalized spacial score (nSPS) is 12.6. The Hall–Kier alpha value is -4.06. The quantitative estimate of drug-likeness (QED) is 0.336. The van der Waals surface area contributed by atoms with E-state index >= 15 is 0 Å². The molecule has 0 spiro atoms. The number of fused-ring (bicyclic) bond motifs is 3. The Morgan fingerprint density at radius 3 is 2.59 bits per heavy atom. The molecular formula is C23H13NO5.